The number of benzene rings is 2. The molecule has 144 valence electrons. The molecule has 1 aliphatic heterocycles. The van der Waals surface area contributed by atoms with E-state index in [9.17, 15) is 4.79 Å². The number of rotatable bonds is 4. The van der Waals surface area contributed by atoms with Crippen LogP contribution >= 0.6 is 11.5 Å². The molecule has 3 aromatic rings. The molecule has 0 spiro atoms. The van der Waals surface area contributed by atoms with Crippen molar-refractivity contribution < 1.29 is 4.79 Å². The van der Waals surface area contributed by atoms with Gasteiger partial charge < -0.3 is 15.1 Å². The molecule has 0 unspecified atom stereocenters. The number of hydrogen-bond donors (Lipinski definition) is 1. The number of carbonyl (C=O) groups excluding carboxylic acids is 1. The fourth-order valence-electron chi connectivity index (χ4n) is 3.25. The second kappa shape index (κ2) is 8.39. The number of aromatic nitrogens is 2. The molecule has 7 heteroatoms. The second-order valence-electron chi connectivity index (χ2n) is 6.93. The number of nitrogens with one attached hydrogen (secondary N) is 1. The summed E-state index contributed by atoms with van der Waals surface area (Å²) in [5, 5.41) is 3.92. The first kappa shape index (κ1) is 18.4. The Labute approximate surface area is 169 Å². The van der Waals surface area contributed by atoms with E-state index in [0.717, 1.165) is 41.7 Å². The van der Waals surface area contributed by atoms with Crippen LogP contribution in [0.15, 0.2) is 54.6 Å². The lowest BCUT2D eigenvalue weighted by molar-refractivity contribution is 0.208. The molecule has 1 fully saturated rings. The topological polar surface area (TPSA) is 61.4 Å². The van der Waals surface area contributed by atoms with Crippen LogP contribution in [0, 0.1) is 6.92 Å². The van der Waals surface area contributed by atoms with Gasteiger partial charge in [-0.25, -0.2) is 9.78 Å². The summed E-state index contributed by atoms with van der Waals surface area (Å²) in [5.41, 5.74) is 3.18. The van der Waals surface area contributed by atoms with Crippen molar-refractivity contribution in [3.8, 4) is 0 Å². The van der Waals surface area contributed by atoms with Gasteiger partial charge in [-0.15, -0.1) is 0 Å². The first-order valence-electron chi connectivity index (χ1n) is 9.41. The zero-order valence-electron chi connectivity index (χ0n) is 15.8. The summed E-state index contributed by atoms with van der Waals surface area (Å²) in [6, 6.07) is 18.1. The lowest BCUT2D eigenvalue weighted by Crippen LogP contribution is -2.50. The van der Waals surface area contributed by atoms with Crippen molar-refractivity contribution in [3.63, 3.8) is 0 Å². The highest BCUT2D eigenvalue weighted by atomic mass is 32.1. The standard InChI is InChI=1S/C21H23N5OS/c1-16-6-5-9-18(14-16)22-20(27)25-10-12-26(13-11-25)21-23-19(24-28-21)15-17-7-3-2-4-8-17/h2-9,14H,10-13,15H2,1H3,(H,22,27). The van der Waals surface area contributed by atoms with Crippen LogP contribution in [0.2, 0.25) is 0 Å². The largest absolute Gasteiger partial charge is 0.343 e. The van der Waals surface area contributed by atoms with Crippen molar-refractivity contribution >= 4 is 28.4 Å². The van der Waals surface area contributed by atoms with Gasteiger partial charge in [0, 0.05) is 49.8 Å². The van der Waals surface area contributed by atoms with Crippen molar-refractivity contribution in [1.82, 2.24) is 14.3 Å². The first-order valence-corrected chi connectivity index (χ1v) is 10.2. The molecule has 1 N–H and O–H groups in total. The molecular formula is C21H23N5OS. The average Bonchev–Trinajstić information content (AvgIpc) is 3.17. The summed E-state index contributed by atoms with van der Waals surface area (Å²) in [6.45, 7) is 4.89. The fraction of sp³-hybridized carbons (Fsp3) is 0.286. The molecule has 0 atom stereocenters. The molecule has 0 aliphatic carbocycles. The Morgan fingerprint density at radius 1 is 1.07 bits per heavy atom. The number of nitrogens with zero attached hydrogens (tertiary/aromatic N) is 4. The lowest BCUT2D eigenvalue weighted by Gasteiger charge is -2.34. The van der Waals surface area contributed by atoms with Crippen LogP contribution in [0.4, 0.5) is 15.6 Å². The van der Waals surface area contributed by atoms with E-state index in [1.165, 1.54) is 17.1 Å². The molecule has 0 bridgehead atoms. The summed E-state index contributed by atoms with van der Waals surface area (Å²) < 4.78 is 4.50. The zero-order chi connectivity index (χ0) is 19.3. The number of hydrogen-bond acceptors (Lipinski definition) is 5. The normalized spacial score (nSPS) is 14.2. The summed E-state index contributed by atoms with van der Waals surface area (Å²) in [5.74, 6) is 0.853. The molecule has 2 aromatic carbocycles. The summed E-state index contributed by atoms with van der Waals surface area (Å²) in [4.78, 5) is 21.3. The summed E-state index contributed by atoms with van der Waals surface area (Å²) >= 11 is 1.43. The second-order valence-corrected chi connectivity index (χ2v) is 7.66. The van der Waals surface area contributed by atoms with E-state index >= 15 is 0 Å². The predicted molar refractivity (Wildman–Crippen MR) is 113 cm³/mol. The van der Waals surface area contributed by atoms with Crippen LogP contribution < -0.4 is 10.2 Å². The number of piperazine rings is 1. The maximum absolute atomic E-state index is 12.5. The quantitative estimate of drug-likeness (QED) is 0.733. The first-order chi connectivity index (χ1) is 13.7. The minimum Gasteiger partial charge on any atom is -0.343 e. The highest BCUT2D eigenvalue weighted by molar-refractivity contribution is 7.09. The zero-order valence-corrected chi connectivity index (χ0v) is 16.7. The molecular weight excluding hydrogens is 370 g/mol. The van der Waals surface area contributed by atoms with Gasteiger partial charge >= 0.3 is 6.03 Å². The summed E-state index contributed by atoms with van der Waals surface area (Å²) in [7, 11) is 0. The van der Waals surface area contributed by atoms with Crippen LogP contribution in [0.1, 0.15) is 17.0 Å². The Morgan fingerprint density at radius 3 is 2.61 bits per heavy atom. The number of anilines is 2. The Bertz CT molecular complexity index is 935. The van der Waals surface area contributed by atoms with Gasteiger partial charge in [0.2, 0.25) is 5.13 Å². The molecule has 4 rings (SSSR count). The highest BCUT2D eigenvalue weighted by Gasteiger charge is 2.23. The lowest BCUT2D eigenvalue weighted by atomic mass is 10.1. The monoisotopic (exact) mass is 393 g/mol. The van der Waals surface area contributed by atoms with Gasteiger partial charge in [0.25, 0.3) is 0 Å². The van der Waals surface area contributed by atoms with E-state index in [1.54, 1.807) is 0 Å². The van der Waals surface area contributed by atoms with Crippen LogP contribution in [0.5, 0.6) is 0 Å². The molecule has 0 radical (unpaired) electrons. The molecule has 1 saturated heterocycles. The molecule has 0 saturated carbocycles. The van der Waals surface area contributed by atoms with Crippen LogP contribution in [-0.4, -0.2) is 46.5 Å². The van der Waals surface area contributed by atoms with E-state index in [-0.39, 0.29) is 6.03 Å². The Morgan fingerprint density at radius 2 is 1.86 bits per heavy atom. The van der Waals surface area contributed by atoms with Crippen molar-refractivity contribution in [2.75, 3.05) is 36.4 Å². The van der Waals surface area contributed by atoms with Crippen molar-refractivity contribution in [2.24, 2.45) is 0 Å². The minimum absolute atomic E-state index is 0.0488. The molecule has 1 aliphatic rings. The average molecular weight is 394 g/mol. The van der Waals surface area contributed by atoms with E-state index in [2.05, 4.69) is 26.7 Å². The molecule has 2 heterocycles. The van der Waals surface area contributed by atoms with Crippen LogP contribution in [0.25, 0.3) is 0 Å². The van der Waals surface area contributed by atoms with E-state index in [0.29, 0.717) is 13.1 Å². The van der Waals surface area contributed by atoms with E-state index in [4.69, 9.17) is 4.98 Å². The molecule has 1 aromatic heterocycles. The highest BCUT2D eigenvalue weighted by Crippen LogP contribution is 2.21. The Balaban J connectivity index is 1.31. The third-order valence-corrected chi connectivity index (χ3v) is 5.58. The summed E-state index contributed by atoms with van der Waals surface area (Å²) in [6.07, 6.45) is 0.746. The third kappa shape index (κ3) is 4.48. The fourth-order valence-corrected chi connectivity index (χ4v) is 3.99. The van der Waals surface area contributed by atoms with Gasteiger partial charge in [0.15, 0.2) is 0 Å². The smallest absolute Gasteiger partial charge is 0.321 e. The Kier molecular flexibility index (Phi) is 5.53. The van der Waals surface area contributed by atoms with Gasteiger partial charge in [-0.2, -0.15) is 4.37 Å². The minimum atomic E-state index is -0.0488. The maximum atomic E-state index is 12.5. The molecule has 6 nitrogen and oxygen atoms in total. The van der Waals surface area contributed by atoms with Crippen LogP contribution in [-0.2, 0) is 6.42 Å². The van der Waals surface area contributed by atoms with Crippen molar-refractivity contribution in [2.45, 2.75) is 13.3 Å². The van der Waals surface area contributed by atoms with Gasteiger partial charge in [0.1, 0.15) is 5.82 Å². The number of urea groups is 1. The number of aryl methyl sites for hydroxylation is 1. The van der Waals surface area contributed by atoms with Gasteiger partial charge in [-0.3, -0.25) is 0 Å². The molecule has 2 amide bonds. The predicted octanol–water partition coefficient (Wildman–Crippen LogP) is 3.79. The maximum Gasteiger partial charge on any atom is 0.321 e. The van der Waals surface area contributed by atoms with E-state index in [1.807, 2.05) is 54.3 Å². The van der Waals surface area contributed by atoms with Gasteiger partial charge in [-0.1, -0.05) is 42.5 Å². The SMILES string of the molecule is Cc1cccc(NC(=O)N2CCN(c3nc(Cc4ccccc4)ns3)CC2)c1. The number of carbonyl (C=O) groups is 1. The third-order valence-electron chi connectivity index (χ3n) is 4.77. The van der Waals surface area contributed by atoms with Gasteiger partial charge in [0.05, 0.1) is 0 Å². The van der Waals surface area contributed by atoms with Gasteiger partial charge in [-0.05, 0) is 30.2 Å². The molecule has 28 heavy (non-hydrogen) atoms. The Hall–Kier alpha value is -2.93. The van der Waals surface area contributed by atoms with Crippen molar-refractivity contribution in [3.05, 3.63) is 71.5 Å². The number of amides is 2. The van der Waals surface area contributed by atoms with Crippen molar-refractivity contribution in [1.29, 1.82) is 0 Å². The van der Waals surface area contributed by atoms with E-state index < -0.39 is 0 Å². The van der Waals surface area contributed by atoms with Crippen LogP contribution in [0.3, 0.4) is 0 Å².